The zero-order valence-electron chi connectivity index (χ0n) is 9.79. The second-order valence-corrected chi connectivity index (χ2v) is 5.28. The highest BCUT2D eigenvalue weighted by Crippen LogP contribution is 2.28. The summed E-state index contributed by atoms with van der Waals surface area (Å²) in [6, 6.07) is 8.88. The van der Waals surface area contributed by atoms with Crippen LogP contribution in [-0.2, 0) is 4.74 Å². The van der Waals surface area contributed by atoms with E-state index >= 15 is 0 Å². The maximum atomic E-state index is 5.71. The fraction of sp³-hybridized carbons (Fsp3) is 0.571. The maximum Gasteiger partial charge on any atom is 0.0582 e. The summed E-state index contributed by atoms with van der Waals surface area (Å²) < 4.78 is 5.71. The van der Waals surface area contributed by atoms with E-state index in [0.29, 0.717) is 12.0 Å². The first-order valence-electron chi connectivity index (χ1n) is 6.03. The van der Waals surface area contributed by atoms with Gasteiger partial charge in [-0.3, -0.25) is 0 Å². The summed E-state index contributed by atoms with van der Waals surface area (Å²) >= 11 is 3.62. The molecular formula is C14H19BrO. The molecule has 1 aliphatic heterocycles. The van der Waals surface area contributed by atoms with Gasteiger partial charge in [-0.1, -0.05) is 45.8 Å². The Balaban J connectivity index is 2.00. The molecule has 0 aromatic heterocycles. The Labute approximate surface area is 106 Å². The quantitative estimate of drug-likeness (QED) is 0.758. The SMILES string of the molecule is Cc1ccc(C(CBr)CC2CCCO2)cc1. The van der Waals surface area contributed by atoms with Crippen LogP contribution < -0.4 is 0 Å². The van der Waals surface area contributed by atoms with Crippen molar-refractivity contribution in [2.24, 2.45) is 0 Å². The van der Waals surface area contributed by atoms with Gasteiger partial charge in [0.25, 0.3) is 0 Å². The standard InChI is InChI=1S/C14H19BrO/c1-11-4-6-12(7-5-11)13(10-15)9-14-3-2-8-16-14/h4-7,13-14H,2-3,8-10H2,1H3. The van der Waals surface area contributed by atoms with Gasteiger partial charge in [0, 0.05) is 11.9 Å². The molecule has 1 aliphatic rings. The van der Waals surface area contributed by atoms with Crippen LogP contribution in [0.2, 0.25) is 0 Å². The van der Waals surface area contributed by atoms with Crippen LogP contribution in [0.4, 0.5) is 0 Å². The molecule has 2 rings (SSSR count). The lowest BCUT2D eigenvalue weighted by molar-refractivity contribution is 0.0997. The van der Waals surface area contributed by atoms with Crippen LogP contribution in [0.3, 0.4) is 0 Å². The highest BCUT2D eigenvalue weighted by molar-refractivity contribution is 9.09. The largest absolute Gasteiger partial charge is 0.378 e. The van der Waals surface area contributed by atoms with Gasteiger partial charge in [0.2, 0.25) is 0 Å². The van der Waals surface area contributed by atoms with Gasteiger partial charge in [-0.15, -0.1) is 0 Å². The fourth-order valence-corrected chi connectivity index (χ4v) is 2.91. The van der Waals surface area contributed by atoms with Crippen molar-refractivity contribution in [2.75, 3.05) is 11.9 Å². The molecule has 1 nitrogen and oxygen atoms in total. The number of rotatable bonds is 4. The zero-order valence-corrected chi connectivity index (χ0v) is 11.4. The normalized spacial score (nSPS) is 22.2. The Morgan fingerprint density at radius 1 is 1.38 bits per heavy atom. The lowest BCUT2D eigenvalue weighted by atomic mass is 9.93. The van der Waals surface area contributed by atoms with Gasteiger partial charge >= 0.3 is 0 Å². The molecule has 2 heteroatoms. The van der Waals surface area contributed by atoms with Gasteiger partial charge in [-0.25, -0.2) is 0 Å². The summed E-state index contributed by atoms with van der Waals surface area (Å²) in [5, 5.41) is 1.02. The van der Waals surface area contributed by atoms with Crippen LogP contribution in [0.25, 0.3) is 0 Å². The van der Waals surface area contributed by atoms with Gasteiger partial charge in [0.1, 0.15) is 0 Å². The van der Waals surface area contributed by atoms with Crippen molar-refractivity contribution >= 4 is 15.9 Å². The number of alkyl halides is 1. The minimum absolute atomic E-state index is 0.476. The Morgan fingerprint density at radius 3 is 2.69 bits per heavy atom. The summed E-state index contributed by atoms with van der Waals surface area (Å²) in [6.45, 7) is 3.08. The third-order valence-electron chi connectivity index (χ3n) is 3.31. The Bertz CT molecular complexity index is 314. The van der Waals surface area contributed by atoms with E-state index in [1.54, 1.807) is 0 Å². The molecule has 0 aliphatic carbocycles. The van der Waals surface area contributed by atoms with E-state index in [2.05, 4.69) is 47.1 Å². The summed E-state index contributed by atoms with van der Waals surface area (Å²) in [5.74, 6) is 0.587. The minimum atomic E-state index is 0.476. The van der Waals surface area contributed by atoms with Crippen molar-refractivity contribution < 1.29 is 4.74 Å². The molecule has 1 saturated heterocycles. The molecule has 0 bridgehead atoms. The highest BCUT2D eigenvalue weighted by Gasteiger charge is 2.21. The number of hydrogen-bond acceptors (Lipinski definition) is 1. The topological polar surface area (TPSA) is 9.23 Å². The van der Waals surface area contributed by atoms with Crippen molar-refractivity contribution in [3.05, 3.63) is 35.4 Å². The number of hydrogen-bond donors (Lipinski definition) is 0. The predicted octanol–water partition coefficient (Wildman–Crippen LogP) is 4.04. The van der Waals surface area contributed by atoms with Crippen LogP contribution in [0.5, 0.6) is 0 Å². The second-order valence-electron chi connectivity index (χ2n) is 4.63. The average molecular weight is 283 g/mol. The van der Waals surface area contributed by atoms with Crippen LogP contribution in [-0.4, -0.2) is 18.0 Å². The van der Waals surface area contributed by atoms with E-state index in [1.165, 1.54) is 24.0 Å². The van der Waals surface area contributed by atoms with E-state index < -0.39 is 0 Å². The molecule has 88 valence electrons. The summed E-state index contributed by atoms with van der Waals surface area (Å²) in [6.07, 6.45) is 4.08. The molecule has 1 aromatic carbocycles. The van der Waals surface area contributed by atoms with Gasteiger partial charge < -0.3 is 4.74 Å². The number of benzene rings is 1. The molecule has 2 unspecified atom stereocenters. The lowest BCUT2D eigenvalue weighted by Gasteiger charge is -2.18. The first-order valence-corrected chi connectivity index (χ1v) is 7.16. The highest BCUT2D eigenvalue weighted by atomic mass is 79.9. The van der Waals surface area contributed by atoms with E-state index in [9.17, 15) is 0 Å². The Hall–Kier alpha value is -0.340. The molecule has 1 heterocycles. The summed E-state index contributed by atoms with van der Waals surface area (Å²) in [5.41, 5.74) is 2.76. The molecule has 1 aromatic rings. The van der Waals surface area contributed by atoms with Crippen molar-refractivity contribution in [3.63, 3.8) is 0 Å². The van der Waals surface area contributed by atoms with Crippen molar-refractivity contribution in [3.8, 4) is 0 Å². The second kappa shape index (κ2) is 5.83. The third kappa shape index (κ3) is 3.08. The number of ether oxygens (including phenoxy) is 1. The molecule has 0 saturated carbocycles. The van der Waals surface area contributed by atoms with Gasteiger partial charge in [0.05, 0.1) is 6.10 Å². The molecular weight excluding hydrogens is 264 g/mol. The number of halogens is 1. The zero-order chi connectivity index (χ0) is 11.4. The molecule has 0 spiro atoms. The maximum absolute atomic E-state index is 5.71. The van der Waals surface area contributed by atoms with Crippen LogP contribution >= 0.6 is 15.9 Å². The van der Waals surface area contributed by atoms with Crippen LogP contribution in [0.15, 0.2) is 24.3 Å². The Kier molecular flexibility index (Phi) is 4.42. The summed E-state index contributed by atoms with van der Waals surface area (Å²) in [7, 11) is 0. The Morgan fingerprint density at radius 2 is 2.12 bits per heavy atom. The van der Waals surface area contributed by atoms with E-state index in [0.717, 1.165) is 18.4 Å². The molecule has 0 N–H and O–H groups in total. The minimum Gasteiger partial charge on any atom is -0.378 e. The molecule has 16 heavy (non-hydrogen) atoms. The monoisotopic (exact) mass is 282 g/mol. The van der Waals surface area contributed by atoms with E-state index in [4.69, 9.17) is 4.74 Å². The average Bonchev–Trinajstić information content (AvgIpc) is 2.80. The van der Waals surface area contributed by atoms with Crippen molar-refractivity contribution in [1.29, 1.82) is 0 Å². The fourth-order valence-electron chi connectivity index (χ4n) is 2.27. The van der Waals surface area contributed by atoms with Crippen LogP contribution in [0, 0.1) is 6.92 Å². The third-order valence-corrected chi connectivity index (χ3v) is 4.09. The lowest BCUT2D eigenvalue weighted by Crippen LogP contribution is -2.12. The number of aryl methyl sites for hydroxylation is 1. The molecule has 0 amide bonds. The van der Waals surface area contributed by atoms with E-state index in [1.807, 2.05) is 0 Å². The molecule has 2 atom stereocenters. The van der Waals surface area contributed by atoms with Gasteiger partial charge in [-0.2, -0.15) is 0 Å². The van der Waals surface area contributed by atoms with Crippen molar-refractivity contribution in [1.82, 2.24) is 0 Å². The van der Waals surface area contributed by atoms with Gasteiger partial charge in [-0.05, 0) is 37.7 Å². The predicted molar refractivity (Wildman–Crippen MR) is 71.3 cm³/mol. The van der Waals surface area contributed by atoms with Crippen molar-refractivity contribution in [2.45, 2.75) is 38.2 Å². The summed E-state index contributed by atoms with van der Waals surface area (Å²) in [4.78, 5) is 0. The first-order chi connectivity index (χ1) is 7.79. The molecule has 0 radical (unpaired) electrons. The smallest absolute Gasteiger partial charge is 0.0582 e. The van der Waals surface area contributed by atoms with Crippen LogP contribution in [0.1, 0.15) is 36.3 Å². The van der Waals surface area contributed by atoms with E-state index in [-0.39, 0.29) is 0 Å². The molecule has 1 fully saturated rings. The first kappa shape index (κ1) is 12.1. The van der Waals surface area contributed by atoms with Gasteiger partial charge in [0.15, 0.2) is 0 Å².